The van der Waals surface area contributed by atoms with Crippen molar-refractivity contribution >= 4 is 11.7 Å². The number of carboxylic acid groups (broad SMARTS) is 1. The van der Waals surface area contributed by atoms with Gasteiger partial charge in [-0.3, -0.25) is 9.78 Å². The molecule has 1 unspecified atom stereocenters. The zero-order chi connectivity index (χ0) is 22.2. The molecule has 2 aromatic carbocycles. The number of carboxylic acids is 1. The second kappa shape index (κ2) is 8.30. The molecule has 0 radical (unpaired) electrons. The first kappa shape index (κ1) is 20.6. The Morgan fingerprint density at radius 1 is 1.19 bits per heavy atom. The number of hydrogen-bond donors (Lipinski definition) is 2. The summed E-state index contributed by atoms with van der Waals surface area (Å²) in [5, 5.41) is 12.7. The molecule has 2 heterocycles. The number of carbonyl (C=O) groups is 1. The molecule has 2 N–H and O–H groups in total. The third-order valence-electron chi connectivity index (χ3n) is 6.61. The van der Waals surface area contributed by atoms with E-state index in [2.05, 4.69) is 66.6 Å². The van der Waals surface area contributed by atoms with Crippen LogP contribution in [0.5, 0.6) is 5.75 Å². The Morgan fingerprint density at radius 3 is 2.81 bits per heavy atom. The number of fused-ring (bicyclic) bond motifs is 2. The van der Waals surface area contributed by atoms with E-state index in [1.807, 2.05) is 6.07 Å². The highest BCUT2D eigenvalue weighted by atomic mass is 16.5. The van der Waals surface area contributed by atoms with Crippen LogP contribution in [-0.4, -0.2) is 22.7 Å². The molecule has 5 heteroatoms. The smallest absolute Gasteiger partial charge is 0.304 e. The van der Waals surface area contributed by atoms with Gasteiger partial charge in [-0.2, -0.15) is 0 Å². The lowest BCUT2D eigenvalue weighted by atomic mass is 9.89. The molecular weight excluding hydrogens is 400 g/mol. The second-order valence-electron chi connectivity index (χ2n) is 9.06. The van der Waals surface area contributed by atoms with Crippen molar-refractivity contribution in [3.63, 3.8) is 0 Å². The highest BCUT2D eigenvalue weighted by molar-refractivity contribution is 5.74. The Kier molecular flexibility index (Phi) is 5.33. The monoisotopic (exact) mass is 428 g/mol. The Hall–Kier alpha value is -3.34. The van der Waals surface area contributed by atoms with E-state index in [0.29, 0.717) is 18.3 Å². The molecule has 5 rings (SSSR count). The first-order valence-electron chi connectivity index (χ1n) is 11.3. The van der Waals surface area contributed by atoms with Gasteiger partial charge >= 0.3 is 5.97 Å². The average Bonchev–Trinajstić information content (AvgIpc) is 3.37. The van der Waals surface area contributed by atoms with Crippen LogP contribution in [0.4, 0.5) is 5.69 Å². The third-order valence-corrected chi connectivity index (χ3v) is 6.61. The van der Waals surface area contributed by atoms with Crippen molar-refractivity contribution in [2.24, 2.45) is 0 Å². The molecule has 0 fully saturated rings. The molecule has 5 nitrogen and oxygen atoms in total. The van der Waals surface area contributed by atoms with Gasteiger partial charge in [0.1, 0.15) is 5.75 Å². The molecule has 3 aromatic rings. The molecule has 0 saturated heterocycles. The van der Waals surface area contributed by atoms with Crippen LogP contribution in [0.15, 0.2) is 54.7 Å². The second-order valence-corrected chi connectivity index (χ2v) is 9.06. The maximum absolute atomic E-state index is 11.1. The minimum Gasteiger partial charge on any atom is -0.491 e. The molecular formula is C27H28N2O3. The predicted molar refractivity (Wildman–Crippen MR) is 125 cm³/mol. The van der Waals surface area contributed by atoms with Crippen molar-refractivity contribution in [3.05, 3.63) is 77.1 Å². The van der Waals surface area contributed by atoms with Crippen LogP contribution in [0.2, 0.25) is 0 Å². The van der Waals surface area contributed by atoms with Crippen LogP contribution in [0.3, 0.4) is 0 Å². The topological polar surface area (TPSA) is 71.5 Å². The maximum atomic E-state index is 11.1. The molecule has 2 aliphatic rings. The summed E-state index contributed by atoms with van der Waals surface area (Å²) >= 11 is 0. The van der Waals surface area contributed by atoms with Gasteiger partial charge in [0.25, 0.3) is 0 Å². The van der Waals surface area contributed by atoms with Crippen LogP contribution in [0, 0.1) is 0 Å². The number of benzene rings is 2. The molecule has 1 aromatic heterocycles. The third kappa shape index (κ3) is 3.72. The van der Waals surface area contributed by atoms with Gasteiger partial charge in [0, 0.05) is 12.0 Å². The van der Waals surface area contributed by atoms with Crippen molar-refractivity contribution in [2.75, 3.05) is 11.9 Å². The molecule has 0 amide bonds. The van der Waals surface area contributed by atoms with E-state index < -0.39 is 5.97 Å². The van der Waals surface area contributed by atoms with E-state index in [9.17, 15) is 4.79 Å². The summed E-state index contributed by atoms with van der Waals surface area (Å²) in [6.45, 7) is 4.87. The highest BCUT2D eigenvalue weighted by Gasteiger charge is 2.30. The quantitative estimate of drug-likeness (QED) is 0.510. The highest BCUT2D eigenvalue weighted by Crippen LogP contribution is 2.42. The molecule has 1 aliphatic carbocycles. The van der Waals surface area contributed by atoms with Gasteiger partial charge in [0.2, 0.25) is 0 Å². The number of aliphatic carboxylic acids is 1. The van der Waals surface area contributed by atoms with Gasteiger partial charge in [0.15, 0.2) is 0 Å². The fourth-order valence-corrected chi connectivity index (χ4v) is 5.10. The van der Waals surface area contributed by atoms with Gasteiger partial charge < -0.3 is 15.2 Å². The largest absolute Gasteiger partial charge is 0.491 e. The number of nitrogens with zero attached hydrogens (tertiary/aromatic N) is 1. The van der Waals surface area contributed by atoms with Gasteiger partial charge in [-0.15, -0.1) is 0 Å². The summed E-state index contributed by atoms with van der Waals surface area (Å²) < 4.78 is 5.73. The van der Waals surface area contributed by atoms with Gasteiger partial charge in [-0.05, 0) is 46.6 Å². The number of aromatic nitrogens is 1. The Labute approximate surface area is 188 Å². The average molecular weight is 429 g/mol. The number of ether oxygens (including phenoxy) is 1. The van der Waals surface area contributed by atoms with Crippen LogP contribution >= 0.6 is 0 Å². The first-order valence-corrected chi connectivity index (χ1v) is 11.3. The Morgan fingerprint density at radius 2 is 2.00 bits per heavy atom. The molecule has 0 spiro atoms. The van der Waals surface area contributed by atoms with Gasteiger partial charge in [-0.25, -0.2) is 0 Å². The van der Waals surface area contributed by atoms with Crippen molar-refractivity contribution < 1.29 is 14.6 Å². The normalized spacial score (nSPS) is 18.8. The van der Waals surface area contributed by atoms with Crippen molar-refractivity contribution in [3.8, 4) is 16.9 Å². The summed E-state index contributed by atoms with van der Waals surface area (Å²) in [7, 11) is 0. The van der Waals surface area contributed by atoms with Crippen molar-refractivity contribution in [1.29, 1.82) is 0 Å². The van der Waals surface area contributed by atoms with Crippen LogP contribution < -0.4 is 10.1 Å². The van der Waals surface area contributed by atoms with Crippen LogP contribution in [0.25, 0.3) is 11.1 Å². The van der Waals surface area contributed by atoms with Crippen LogP contribution in [-0.2, 0) is 11.2 Å². The minimum absolute atomic E-state index is 0.0450. The van der Waals surface area contributed by atoms with Gasteiger partial charge in [-0.1, -0.05) is 56.3 Å². The summed E-state index contributed by atoms with van der Waals surface area (Å²) in [5.74, 6) is 0.166. The summed E-state index contributed by atoms with van der Waals surface area (Å²) in [4.78, 5) is 15.6. The lowest BCUT2D eigenvalue weighted by Gasteiger charge is -2.18. The van der Waals surface area contributed by atoms with Crippen molar-refractivity contribution in [2.45, 2.75) is 51.0 Å². The molecule has 0 bridgehead atoms. The Bertz CT molecular complexity index is 1170. The number of hydrogen-bond acceptors (Lipinski definition) is 4. The number of rotatable bonds is 6. The van der Waals surface area contributed by atoms with E-state index in [0.717, 1.165) is 24.2 Å². The van der Waals surface area contributed by atoms with Crippen LogP contribution in [0.1, 0.15) is 67.0 Å². The van der Waals surface area contributed by atoms with E-state index in [1.54, 1.807) is 6.20 Å². The summed E-state index contributed by atoms with van der Waals surface area (Å²) in [6, 6.07) is 17.5. The van der Waals surface area contributed by atoms with Crippen molar-refractivity contribution in [1.82, 2.24) is 4.98 Å². The molecule has 164 valence electrons. The number of nitrogens with one attached hydrogen (secondary N) is 1. The zero-order valence-electron chi connectivity index (χ0n) is 18.5. The fraction of sp³-hybridized carbons (Fsp3) is 0.333. The SMILES string of the molecule is CC(C)c1ccccc1-c1cccc2c1CC[C@H]2Nc1cnc2c(c1)OCC2CC(=O)O. The first-order chi connectivity index (χ1) is 15.5. The molecule has 2 atom stereocenters. The van der Waals surface area contributed by atoms with E-state index >= 15 is 0 Å². The zero-order valence-corrected chi connectivity index (χ0v) is 18.5. The Balaban J connectivity index is 1.41. The fourth-order valence-electron chi connectivity index (χ4n) is 5.10. The van der Waals surface area contributed by atoms with E-state index in [4.69, 9.17) is 9.84 Å². The minimum atomic E-state index is -0.826. The number of pyridine rings is 1. The predicted octanol–water partition coefficient (Wildman–Crippen LogP) is 5.92. The number of anilines is 1. The van der Waals surface area contributed by atoms with E-state index in [-0.39, 0.29) is 18.4 Å². The standard InChI is InChI=1S/C27H28N2O3/c1-16(2)19-6-3-4-7-20(19)21-8-5-9-23-22(21)10-11-24(23)29-18-13-25-27(28-14-18)17(15-32-25)12-26(30)31/h3-9,13-14,16-17,24,29H,10-12,15H2,1-2H3,(H,30,31)/t17?,24-/m1/s1. The lowest BCUT2D eigenvalue weighted by Crippen LogP contribution is -2.09. The van der Waals surface area contributed by atoms with E-state index in [1.165, 1.54) is 27.8 Å². The molecule has 1 aliphatic heterocycles. The van der Waals surface area contributed by atoms with Gasteiger partial charge in [0.05, 0.1) is 36.6 Å². The molecule has 32 heavy (non-hydrogen) atoms. The summed E-state index contributed by atoms with van der Waals surface area (Å²) in [6.07, 6.45) is 3.91. The maximum Gasteiger partial charge on any atom is 0.304 e. The summed E-state index contributed by atoms with van der Waals surface area (Å²) in [5.41, 5.74) is 8.47. The molecule has 0 saturated carbocycles. The lowest BCUT2D eigenvalue weighted by molar-refractivity contribution is -0.137.